The van der Waals surface area contributed by atoms with Gasteiger partial charge in [-0.25, -0.2) is 0 Å². The molecule has 2 aromatic rings. The normalized spacial score (nSPS) is 24.0. The molecule has 0 bridgehead atoms. The highest BCUT2D eigenvalue weighted by molar-refractivity contribution is 5.71. The van der Waals surface area contributed by atoms with Crippen LogP contribution in [-0.2, 0) is 14.3 Å². The fraction of sp³-hybridized carbons (Fsp3) is 0.520. The molecule has 0 aliphatic carbocycles. The third-order valence-electron chi connectivity index (χ3n) is 6.37. The van der Waals surface area contributed by atoms with E-state index in [0.717, 1.165) is 23.1 Å². The van der Waals surface area contributed by atoms with Gasteiger partial charge in [-0.1, -0.05) is 51.1 Å². The van der Waals surface area contributed by atoms with Crippen LogP contribution in [0.2, 0.25) is 0 Å². The molecular weight excluding hydrogens is 410 g/mol. The predicted molar refractivity (Wildman–Crippen MR) is 121 cm³/mol. The minimum Gasteiger partial charge on any atom is -0.507 e. The number of hydrogen-bond donors (Lipinski definition) is 1. The van der Waals surface area contributed by atoms with Gasteiger partial charge in [0.2, 0.25) is 0 Å². The highest BCUT2D eigenvalue weighted by Crippen LogP contribution is 2.44. The zero-order valence-corrected chi connectivity index (χ0v) is 19.4. The van der Waals surface area contributed by atoms with Gasteiger partial charge in [0.05, 0.1) is 30.6 Å². The first-order valence-electron chi connectivity index (χ1n) is 11.2. The fourth-order valence-corrected chi connectivity index (χ4v) is 4.70. The summed E-state index contributed by atoms with van der Waals surface area (Å²) >= 11 is 0. The van der Waals surface area contributed by atoms with Crippen molar-refractivity contribution in [1.29, 1.82) is 0 Å². The molecular formula is C25H33NO6. The second-order valence-electron chi connectivity index (χ2n) is 8.67. The Morgan fingerprint density at radius 2 is 1.94 bits per heavy atom. The smallest absolute Gasteiger partial charge is 0.302 e. The van der Waals surface area contributed by atoms with E-state index in [9.17, 15) is 14.7 Å². The molecule has 2 heterocycles. The summed E-state index contributed by atoms with van der Waals surface area (Å²) in [6.45, 7) is 7.82. The van der Waals surface area contributed by atoms with Crippen LogP contribution in [0.1, 0.15) is 52.2 Å². The minimum absolute atomic E-state index is 0.00223. The lowest BCUT2D eigenvalue weighted by Crippen LogP contribution is -2.43. The van der Waals surface area contributed by atoms with E-state index in [0.29, 0.717) is 5.56 Å². The number of carbonyl (C=O) groups excluding carboxylic acids is 1. The van der Waals surface area contributed by atoms with Crippen molar-refractivity contribution in [2.45, 2.75) is 52.7 Å². The van der Waals surface area contributed by atoms with Crippen LogP contribution in [0.15, 0.2) is 41.3 Å². The summed E-state index contributed by atoms with van der Waals surface area (Å²) in [6.07, 6.45) is 2.25. The van der Waals surface area contributed by atoms with Crippen molar-refractivity contribution in [3.63, 3.8) is 0 Å². The topological polar surface area (TPSA) is 87.0 Å². The molecule has 1 aromatic heterocycles. The molecule has 0 saturated carbocycles. The van der Waals surface area contributed by atoms with Crippen molar-refractivity contribution in [3.8, 4) is 16.9 Å². The first-order valence-corrected chi connectivity index (χ1v) is 11.2. The second kappa shape index (κ2) is 10.2. The van der Waals surface area contributed by atoms with E-state index >= 15 is 0 Å². The highest BCUT2D eigenvalue weighted by atomic mass is 16.6. The number of ether oxygens (including phenoxy) is 2. The third-order valence-corrected chi connectivity index (χ3v) is 6.37. The maximum Gasteiger partial charge on any atom is 0.302 e. The van der Waals surface area contributed by atoms with E-state index in [1.165, 1.54) is 20.2 Å². The lowest BCUT2D eigenvalue weighted by atomic mass is 9.78. The largest absolute Gasteiger partial charge is 0.507 e. The highest BCUT2D eigenvalue weighted by Gasteiger charge is 2.41. The molecule has 3 rings (SSSR count). The molecule has 32 heavy (non-hydrogen) atoms. The number of benzene rings is 1. The van der Waals surface area contributed by atoms with E-state index in [1.54, 1.807) is 0 Å². The van der Waals surface area contributed by atoms with Crippen LogP contribution in [0.5, 0.6) is 5.75 Å². The van der Waals surface area contributed by atoms with Gasteiger partial charge < -0.3 is 19.4 Å². The first-order chi connectivity index (χ1) is 15.3. The number of pyridine rings is 1. The van der Waals surface area contributed by atoms with Gasteiger partial charge in [0.15, 0.2) is 0 Å². The van der Waals surface area contributed by atoms with Crippen molar-refractivity contribution in [1.82, 2.24) is 4.73 Å². The first kappa shape index (κ1) is 23.9. The standard InChI is InChI=1S/C25H33NO6/c1-6-18(14-31-17(4)27)23-15(2)12-16(3)24(32-23)21-22(28)20(13-26(30-5)25(21)29)19-10-8-7-9-11-19/h7-11,13,15-16,18,23-24,28H,6,12,14H2,1-5H3. The molecule has 5 atom stereocenters. The Balaban J connectivity index is 2.05. The summed E-state index contributed by atoms with van der Waals surface area (Å²) in [5.74, 6) is -0.207. The van der Waals surface area contributed by atoms with Gasteiger partial charge in [0.25, 0.3) is 5.56 Å². The fourth-order valence-electron chi connectivity index (χ4n) is 4.70. The Bertz CT molecular complexity index is 986. The summed E-state index contributed by atoms with van der Waals surface area (Å²) in [7, 11) is 1.42. The molecule has 0 amide bonds. The molecule has 1 saturated heterocycles. The Hall–Kier alpha value is -2.80. The van der Waals surface area contributed by atoms with Crippen molar-refractivity contribution >= 4 is 5.97 Å². The van der Waals surface area contributed by atoms with Crippen LogP contribution < -0.4 is 10.4 Å². The lowest BCUT2D eigenvalue weighted by molar-refractivity contribution is -0.157. The van der Waals surface area contributed by atoms with Crippen LogP contribution in [0.3, 0.4) is 0 Å². The summed E-state index contributed by atoms with van der Waals surface area (Å²) < 4.78 is 12.9. The average molecular weight is 444 g/mol. The van der Waals surface area contributed by atoms with E-state index in [2.05, 4.69) is 6.92 Å². The monoisotopic (exact) mass is 443 g/mol. The molecule has 7 nitrogen and oxygen atoms in total. The van der Waals surface area contributed by atoms with Gasteiger partial charge in [-0.3, -0.25) is 9.59 Å². The summed E-state index contributed by atoms with van der Waals surface area (Å²) in [5.41, 5.74) is 1.02. The Morgan fingerprint density at radius 1 is 1.25 bits per heavy atom. The Morgan fingerprint density at radius 3 is 2.53 bits per heavy atom. The maximum atomic E-state index is 13.2. The average Bonchev–Trinajstić information content (AvgIpc) is 2.77. The minimum atomic E-state index is -0.611. The molecule has 7 heteroatoms. The molecule has 5 unspecified atom stereocenters. The molecule has 0 radical (unpaired) electrons. The van der Waals surface area contributed by atoms with Gasteiger partial charge in [0.1, 0.15) is 12.9 Å². The van der Waals surface area contributed by atoms with E-state index in [4.69, 9.17) is 14.3 Å². The van der Waals surface area contributed by atoms with E-state index < -0.39 is 11.7 Å². The van der Waals surface area contributed by atoms with Crippen molar-refractivity contribution in [2.75, 3.05) is 13.7 Å². The summed E-state index contributed by atoms with van der Waals surface area (Å²) in [6, 6.07) is 9.36. The van der Waals surface area contributed by atoms with Crippen LogP contribution in [0.4, 0.5) is 0 Å². The molecule has 1 aromatic carbocycles. The van der Waals surface area contributed by atoms with Crippen LogP contribution in [-0.4, -0.2) is 35.6 Å². The molecule has 1 aliphatic heterocycles. The van der Waals surface area contributed by atoms with Crippen LogP contribution >= 0.6 is 0 Å². The number of carbonyl (C=O) groups is 1. The number of nitrogens with zero attached hydrogens (tertiary/aromatic N) is 1. The number of hydrogen-bond acceptors (Lipinski definition) is 6. The van der Waals surface area contributed by atoms with Gasteiger partial charge in [-0.2, -0.15) is 4.73 Å². The SMILES string of the molecule is CCC(COC(C)=O)C1OC(c2c(O)c(-c3ccccc3)cn(OC)c2=O)C(C)CC1C. The molecule has 0 spiro atoms. The zero-order chi connectivity index (χ0) is 23.4. The van der Waals surface area contributed by atoms with Crippen molar-refractivity contribution in [3.05, 3.63) is 52.4 Å². The van der Waals surface area contributed by atoms with Crippen molar-refractivity contribution in [2.24, 2.45) is 17.8 Å². The summed E-state index contributed by atoms with van der Waals surface area (Å²) in [5, 5.41) is 11.2. The van der Waals surface area contributed by atoms with E-state index in [1.807, 2.05) is 44.2 Å². The Labute approximate surface area is 188 Å². The van der Waals surface area contributed by atoms with Gasteiger partial charge in [0, 0.05) is 18.4 Å². The quantitative estimate of drug-likeness (QED) is 0.652. The molecule has 1 N–H and O–H groups in total. The number of rotatable bonds is 7. The number of esters is 1. The second-order valence-corrected chi connectivity index (χ2v) is 8.67. The summed E-state index contributed by atoms with van der Waals surface area (Å²) in [4.78, 5) is 29.9. The van der Waals surface area contributed by atoms with E-state index in [-0.39, 0.29) is 47.7 Å². The lowest BCUT2D eigenvalue weighted by Gasteiger charge is -2.42. The predicted octanol–water partition coefficient (Wildman–Crippen LogP) is 3.97. The van der Waals surface area contributed by atoms with Crippen molar-refractivity contribution < 1.29 is 24.2 Å². The number of aromatic nitrogens is 1. The Kier molecular flexibility index (Phi) is 7.61. The molecule has 174 valence electrons. The molecule has 1 fully saturated rings. The van der Waals surface area contributed by atoms with Crippen LogP contribution in [0.25, 0.3) is 11.1 Å². The van der Waals surface area contributed by atoms with Gasteiger partial charge >= 0.3 is 5.97 Å². The number of aromatic hydroxyl groups is 1. The third kappa shape index (κ3) is 4.83. The van der Waals surface area contributed by atoms with Gasteiger partial charge in [-0.15, -0.1) is 0 Å². The molecule has 1 aliphatic rings. The maximum absolute atomic E-state index is 13.2. The van der Waals surface area contributed by atoms with Crippen LogP contribution in [0, 0.1) is 17.8 Å². The zero-order valence-electron chi connectivity index (χ0n) is 19.4. The van der Waals surface area contributed by atoms with Gasteiger partial charge in [-0.05, 0) is 30.2 Å².